The van der Waals surface area contributed by atoms with E-state index >= 15 is 0 Å². The summed E-state index contributed by atoms with van der Waals surface area (Å²) >= 11 is 1.67. The fraction of sp³-hybridized carbons (Fsp3) is 0.368. The summed E-state index contributed by atoms with van der Waals surface area (Å²) in [5.41, 5.74) is 0.596. The van der Waals surface area contributed by atoms with Gasteiger partial charge in [-0.1, -0.05) is 12.1 Å². The minimum atomic E-state index is -0.292. The normalized spacial score (nSPS) is 11.7. The quantitative estimate of drug-likeness (QED) is 0.615. The average Bonchev–Trinajstić information content (AvgIpc) is 3.15. The number of benzene rings is 1. The Kier molecular flexibility index (Phi) is 8.09. The molecule has 2 rings (SSSR count). The molecule has 0 spiro atoms. The number of amides is 3. The van der Waals surface area contributed by atoms with Crippen molar-refractivity contribution in [3.05, 3.63) is 46.7 Å². The van der Waals surface area contributed by atoms with Gasteiger partial charge in [0.1, 0.15) is 5.75 Å². The number of carbonyl (C=O) groups is 2. The summed E-state index contributed by atoms with van der Waals surface area (Å²) in [7, 11) is 3.97. The van der Waals surface area contributed by atoms with Gasteiger partial charge >= 0.3 is 6.03 Å². The SMILES string of the molecule is CCNC(=O)COc1cccc(NC(=O)NCC(c2cccs2)N(C)C)c1. The van der Waals surface area contributed by atoms with Crippen molar-refractivity contribution >= 4 is 29.0 Å². The summed E-state index contributed by atoms with van der Waals surface area (Å²) in [6.07, 6.45) is 0. The maximum absolute atomic E-state index is 12.2. The number of carbonyl (C=O) groups excluding carboxylic acids is 2. The Morgan fingerprint density at radius 1 is 1.19 bits per heavy atom. The first-order valence-corrected chi connectivity index (χ1v) is 9.61. The van der Waals surface area contributed by atoms with Crippen molar-refractivity contribution in [3.63, 3.8) is 0 Å². The van der Waals surface area contributed by atoms with E-state index in [1.807, 2.05) is 32.5 Å². The number of thiophene rings is 1. The highest BCUT2D eigenvalue weighted by atomic mass is 32.1. The van der Waals surface area contributed by atoms with Gasteiger partial charge in [0, 0.05) is 29.7 Å². The molecular weight excluding hydrogens is 364 g/mol. The molecule has 0 aliphatic rings. The fourth-order valence-corrected chi connectivity index (χ4v) is 3.37. The second kappa shape index (κ2) is 10.5. The van der Waals surface area contributed by atoms with Crippen LogP contribution >= 0.6 is 11.3 Å². The van der Waals surface area contributed by atoms with Crippen LogP contribution in [-0.4, -0.2) is 50.6 Å². The van der Waals surface area contributed by atoms with Crippen molar-refractivity contribution in [2.24, 2.45) is 0 Å². The van der Waals surface area contributed by atoms with Crippen LogP contribution in [0.2, 0.25) is 0 Å². The summed E-state index contributed by atoms with van der Waals surface area (Å²) in [6.45, 7) is 2.84. The number of ether oxygens (including phenoxy) is 1. The maximum atomic E-state index is 12.2. The third-order valence-corrected chi connectivity index (χ3v) is 4.76. The number of likely N-dealkylation sites (N-methyl/N-ethyl adjacent to an activating group) is 2. The minimum Gasteiger partial charge on any atom is -0.484 e. The number of urea groups is 1. The van der Waals surface area contributed by atoms with Crippen molar-refractivity contribution in [1.82, 2.24) is 15.5 Å². The molecule has 2 aromatic rings. The van der Waals surface area contributed by atoms with Gasteiger partial charge in [0.05, 0.1) is 6.04 Å². The highest BCUT2D eigenvalue weighted by molar-refractivity contribution is 7.10. The Labute approximate surface area is 163 Å². The van der Waals surface area contributed by atoms with E-state index in [4.69, 9.17) is 4.74 Å². The van der Waals surface area contributed by atoms with Crippen LogP contribution in [0.25, 0.3) is 0 Å². The van der Waals surface area contributed by atoms with Crippen LogP contribution in [0.4, 0.5) is 10.5 Å². The number of nitrogens with one attached hydrogen (secondary N) is 3. The first kappa shape index (κ1) is 20.7. The maximum Gasteiger partial charge on any atom is 0.319 e. The van der Waals surface area contributed by atoms with Crippen molar-refractivity contribution in [2.75, 3.05) is 39.1 Å². The molecule has 0 saturated heterocycles. The second-order valence-electron chi connectivity index (χ2n) is 6.10. The van der Waals surface area contributed by atoms with Gasteiger partial charge in [-0.3, -0.25) is 4.79 Å². The van der Waals surface area contributed by atoms with E-state index in [9.17, 15) is 9.59 Å². The molecule has 0 radical (unpaired) electrons. The van der Waals surface area contributed by atoms with Gasteiger partial charge in [-0.25, -0.2) is 4.79 Å². The van der Waals surface area contributed by atoms with Crippen LogP contribution in [-0.2, 0) is 4.79 Å². The molecule has 7 nitrogen and oxygen atoms in total. The van der Waals surface area contributed by atoms with Gasteiger partial charge in [0.25, 0.3) is 5.91 Å². The van der Waals surface area contributed by atoms with Crippen molar-refractivity contribution in [1.29, 1.82) is 0 Å². The van der Waals surface area contributed by atoms with Crippen LogP contribution < -0.4 is 20.7 Å². The molecule has 1 atom stereocenters. The first-order chi connectivity index (χ1) is 13.0. The topological polar surface area (TPSA) is 82.7 Å². The van der Waals surface area contributed by atoms with Gasteiger partial charge in [0.15, 0.2) is 6.61 Å². The van der Waals surface area contributed by atoms with Crippen LogP contribution in [0.5, 0.6) is 5.75 Å². The Morgan fingerprint density at radius 3 is 2.67 bits per heavy atom. The highest BCUT2D eigenvalue weighted by Gasteiger charge is 2.16. The third-order valence-electron chi connectivity index (χ3n) is 3.79. The molecule has 0 bridgehead atoms. The van der Waals surface area contributed by atoms with Crippen LogP contribution in [0.1, 0.15) is 17.8 Å². The van der Waals surface area contributed by atoms with E-state index in [1.165, 1.54) is 4.88 Å². The zero-order chi connectivity index (χ0) is 19.6. The molecule has 0 fully saturated rings. The Balaban J connectivity index is 1.86. The lowest BCUT2D eigenvalue weighted by Crippen LogP contribution is -2.36. The average molecular weight is 391 g/mol. The summed E-state index contributed by atoms with van der Waals surface area (Å²) < 4.78 is 5.43. The molecule has 8 heteroatoms. The Morgan fingerprint density at radius 2 is 2.00 bits per heavy atom. The Hall–Kier alpha value is -2.58. The van der Waals surface area contributed by atoms with Crippen molar-refractivity contribution < 1.29 is 14.3 Å². The molecule has 3 amide bonds. The molecule has 1 unspecified atom stereocenters. The summed E-state index contributed by atoms with van der Waals surface area (Å²) in [5.74, 6) is 0.334. The molecule has 1 aromatic carbocycles. The molecule has 1 heterocycles. The predicted octanol–water partition coefficient (Wildman–Crippen LogP) is 2.69. The lowest BCUT2D eigenvalue weighted by Gasteiger charge is -2.23. The number of nitrogens with zero attached hydrogens (tertiary/aromatic N) is 1. The van der Waals surface area contributed by atoms with Crippen LogP contribution in [0, 0.1) is 0 Å². The standard InChI is InChI=1S/C19H26N4O3S/c1-4-20-18(24)13-26-15-8-5-7-14(11-15)22-19(25)21-12-16(23(2)3)17-9-6-10-27-17/h5-11,16H,4,12-13H2,1-3H3,(H,20,24)(H2,21,22,25). The van der Waals surface area contributed by atoms with Gasteiger partial charge in [-0.15, -0.1) is 11.3 Å². The fourth-order valence-electron chi connectivity index (χ4n) is 2.44. The highest BCUT2D eigenvalue weighted by Crippen LogP contribution is 2.22. The molecule has 0 aliphatic heterocycles. The first-order valence-electron chi connectivity index (χ1n) is 8.73. The predicted molar refractivity (Wildman–Crippen MR) is 108 cm³/mol. The lowest BCUT2D eigenvalue weighted by atomic mass is 10.2. The summed E-state index contributed by atoms with van der Waals surface area (Å²) in [5, 5.41) is 10.4. The zero-order valence-electron chi connectivity index (χ0n) is 15.8. The number of rotatable bonds is 9. The Bertz CT molecular complexity index is 734. The monoisotopic (exact) mass is 390 g/mol. The van der Waals surface area contributed by atoms with E-state index < -0.39 is 0 Å². The summed E-state index contributed by atoms with van der Waals surface area (Å²) in [6, 6.07) is 10.8. The molecule has 0 saturated carbocycles. The zero-order valence-corrected chi connectivity index (χ0v) is 16.6. The largest absolute Gasteiger partial charge is 0.484 e. The van der Waals surface area contributed by atoms with E-state index in [0.29, 0.717) is 24.5 Å². The molecule has 1 aromatic heterocycles. The number of anilines is 1. The number of hydrogen-bond donors (Lipinski definition) is 3. The summed E-state index contributed by atoms with van der Waals surface area (Å²) in [4.78, 5) is 27.0. The van der Waals surface area contributed by atoms with E-state index in [2.05, 4.69) is 26.9 Å². The van der Waals surface area contributed by atoms with Crippen molar-refractivity contribution in [2.45, 2.75) is 13.0 Å². The van der Waals surface area contributed by atoms with Crippen molar-refractivity contribution in [3.8, 4) is 5.75 Å². The van der Waals surface area contributed by atoms with E-state index in [-0.39, 0.29) is 24.6 Å². The third kappa shape index (κ3) is 6.92. The van der Waals surface area contributed by atoms with E-state index in [0.717, 1.165) is 0 Å². The smallest absolute Gasteiger partial charge is 0.319 e. The van der Waals surface area contributed by atoms with Crippen LogP contribution in [0.15, 0.2) is 41.8 Å². The molecular formula is C19H26N4O3S. The number of hydrogen-bond acceptors (Lipinski definition) is 5. The minimum absolute atomic E-state index is 0.0607. The van der Waals surface area contributed by atoms with Gasteiger partial charge < -0.3 is 25.6 Å². The van der Waals surface area contributed by atoms with Gasteiger partial charge in [-0.2, -0.15) is 0 Å². The van der Waals surface area contributed by atoms with Gasteiger partial charge in [0.2, 0.25) is 0 Å². The molecule has 27 heavy (non-hydrogen) atoms. The van der Waals surface area contributed by atoms with Gasteiger partial charge in [-0.05, 0) is 44.6 Å². The van der Waals surface area contributed by atoms with E-state index in [1.54, 1.807) is 35.6 Å². The molecule has 3 N–H and O–H groups in total. The second-order valence-corrected chi connectivity index (χ2v) is 7.08. The van der Waals surface area contributed by atoms with Crippen LogP contribution in [0.3, 0.4) is 0 Å². The lowest BCUT2D eigenvalue weighted by molar-refractivity contribution is -0.122. The molecule has 146 valence electrons. The molecule has 0 aliphatic carbocycles.